The van der Waals surface area contributed by atoms with Crippen LogP contribution in [0.1, 0.15) is 0 Å². The van der Waals surface area contributed by atoms with Gasteiger partial charge in [-0.2, -0.15) is 0 Å². The molecule has 0 aliphatic carbocycles. The van der Waals surface area contributed by atoms with E-state index in [1.54, 1.807) is 6.07 Å². The predicted molar refractivity (Wildman–Crippen MR) is 72.1 cm³/mol. The maximum absolute atomic E-state index is 10.8. The Bertz CT molecular complexity index is 763. The lowest BCUT2D eigenvalue weighted by molar-refractivity contribution is -0.384. The number of aromatic amines is 1. The number of phenols is 1. The zero-order valence-corrected chi connectivity index (χ0v) is 9.83. The number of non-ortho nitro benzene ring substituents is 1. The molecule has 0 radical (unpaired) electrons. The van der Waals surface area contributed by atoms with Crippen molar-refractivity contribution in [2.75, 3.05) is 0 Å². The third kappa shape index (κ3) is 1.91. The number of nitrogens with one attached hydrogen (secondary N) is 1. The second-order valence-corrected chi connectivity index (χ2v) is 4.23. The van der Waals surface area contributed by atoms with Gasteiger partial charge in [-0.3, -0.25) is 10.1 Å². The molecule has 5 nitrogen and oxygen atoms in total. The number of hydrogen-bond acceptors (Lipinski definition) is 3. The minimum atomic E-state index is -0.526. The highest BCUT2D eigenvalue weighted by Crippen LogP contribution is 2.33. The van der Waals surface area contributed by atoms with Crippen molar-refractivity contribution in [3.05, 3.63) is 58.6 Å². The van der Waals surface area contributed by atoms with Crippen LogP contribution in [0.15, 0.2) is 48.5 Å². The van der Waals surface area contributed by atoms with Gasteiger partial charge in [-0.25, -0.2) is 0 Å². The van der Waals surface area contributed by atoms with E-state index >= 15 is 0 Å². The number of nitro benzene ring substituents is 1. The van der Waals surface area contributed by atoms with Crippen LogP contribution in [-0.4, -0.2) is 15.0 Å². The molecule has 1 aromatic heterocycles. The molecule has 0 bridgehead atoms. The number of fused-ring (bicyclic) bond motifs is 1. The van der Waals surface area contributed by atoms with Gasteiger partial charge >= 0.3 is 0 Å². The molecule has 19 heavy (non-hydrogen) atoms. The van der Waals surface area contributed by atoms with Gasteiger partial charge in [0.25, 0.3) is 5.69 Å². The number of benzene rings is 2. The van der Waals surface area contributed by atoms with Crippen LogP contribution in [-0.2, 0) is 0 Å². The topological polar surface area (TPSA) is 79.2 Å². The Morgan fingerprint density at radius 3 is 2.53 bits per heavy atom. The molecule has 0 saturated carbocycles. The van der Waals surface area contributed by atoms with Gasteiger partial charge in [-0.1, -0.05) is 30.3 Å². The summed E-state index contributed by atoms with van der Waals surface area (Å²) in [5, 5.41) is 21.2. The highest BCUT2D eigenvalue weighted by Gasteiger charge is 2.13. The summed E-state index contributed by atoms with van der Waals surface area (Å²) in [5.74, 6) is -0.0948. The Balaban J connectivity index is 2.21. The largest absolute Gasteiger partial charge is 0.507 e. The Labute approximate surface area is 108 Å². The summed E-state index contributed by atoms with van der Waals surface area (Å²) >= 11 is 0. The van der Waals surface area contributed by atoms with Gasteiger partial charge < -0.3 is 10.1 Å². The summed E-state index contributed by atoms with van der Waals surface area (Å²) in [4.78, 5) is 13.3. The Kier molecular flexibility index (Phi) is 2.45. The van der Waals surface area contributed by atoms with Crippen LogP contribution in [0.25, 0.3) is 22.2 Å². The molecule has 3 aromatic rings. The fourth-order valence-electron chi connectivity index (χ4n) is 2.08. The Morgan fingerprint density at radius 2 is 1.84 bits per heavy atom. The van der Waals surface area contributed by atoms with Gasteiger partial charge in [-0.15, -0.1) is 0 Å². The van der Waals surface area contributed by atoms with Gasteiger partial charge in [0.1, 0.15) is 5.75 Å². The first kappa shape index (κ1) is 11.3. The number of phenolic OH excluding ortho intramolecular Hbond substituents is 1. The maximum Gasteiger partial charge on any atom is 0.275 e. The second-order valence-electron chi connectivity index (χ2n) is 4.23. The molecular weight excluding hydrogens is 244 g/mol. The number of aromatic hydroxyl groups is 1. The van der Waals surface area contributed by atoms with E-state index in [-0.39, 0.29) is 11.4 Å². The number of hydrogen-bond donors (Lipinski definition) is 2. The number of H-pyrrole nitrogens is 1. The van der Waals surface area contributed by atoms with E-state index in [4.69, 9.17) is 0 Å². The van der Waals surface area contributed by atoms with Crippen molar-refractivity contribution in [1.82, 2.24) is 4.98 Å². The lowest BCUT2D eigenvalue weighted by atomic mass is 10.1. The molecular formula is C14H10N2O3. The first-order valence-electron chi connectivity index (χ1n) is 5.71. The summed E-state index contributed by atoms with van der Waals surface area (Å²) in [7, 11) is 0. The average molecular weight is 254 g/mol. The van der Waals surface area contributed by atoms with Crippen LogP contribution in [0, 0.1) is 10.1 Å². The SMILES string of the molecule is O=[N+]([O-])c1cc(O)c2cc(-c3ccccc3)[nH]c2c1. The van der Waals surface area contributed by atoms with E-state index in [1.807, 2.05) is 30.3 Å². The molecule has 0 spiro atoms. The van der Waals surface area contributed by atoms with Crippen LogP contribution in [0.4, 0.5) is 5.69 Å². The molecule has 0 aliphatic rings. The highest BCUT2D eigenvalue weighted by atomic mass is 16.6. The maximum atomic E-state index is 10.8. The second kappa shape index (κ2) is 4.13. The molecule has 0 saturated heterocycles. The van der Waals surface area contributed by atoms with Crippen LogP contribution < -0.4 is 0 Å². The molecule has 2 N–H and O–H groups in total. The molecule has 5 heteroatoms. The molecule has 1 heterocycles. The highest BCUT2D eigenvalue weighted by molar-refractivity contribution is 5.92. The minimum Gasteiger partial charge on any atom is -0.507 e. The normalized spacial score (nSPS) is 10.7. The third-order valence-corrected chi connectivity index (χ3v) is 3.00. The van der Waals surface area contributed by atoms with Crippen LogP contribution >= 0.6 is 0 Å². The summed E-state index contributed by atoms with van der Waals surface area (Å²) in [6.45, 7) is 0. The van der Waals surface area contributed by atoms with E-state index < -0.39 is 4.92 Å². The van der Waals surface area contributed by atoms with E-state index in [0.29, 0.717) is 10.9 Å². The zero-order valence-electron chi connectivity index (χ0n) is 9.83. The summed E-state index contributed by atoms with van der Waals surface area (Å²) in [6, 6.07) is 13.9. The first-order valence-corrected chi connectivity index (χ1v) is 5.71. The minimum absolute atomic E-state index is 0.0948. The molecule has 2 aromatic carbocycles. The smallest absolute Gasteiger partial charge is 0.275 e. The van der Waals surface area contributed by atoms with Crippen molar-refractivity contribution in [3.8, 4) is 17.0 Å². The fraction of sp³-hybridized carbons (Fsp3) is 0. The molecule has 0 amide bonds. The Hall–Kier alpha value is -2.82. The average Bonchev–Trinajstić information content (AvgIpc) is 2.84. The summed E-state index contributed by atoms with van der Waals surface area (Å²) in [5.41, 5.74) is 2.18. The van der Waals surface area contributed by atoms with Crippen molar-refractivity contribution in [3.63, 3.8) is 0 Å². The quantitative estimate of drug-likeness (QED) is 0.543. The van der Waals surface area contributed by atoms with Crippen LogP contribution in [0.5, 0.6) is 5.75 Å². The van der Waals surface area contributed by atoms with Gasteiger partial charge in [0.05, 0.1) is 16.5 Å². The summed E-state index contributed by atoms with van der Waals surface area (Å²) in [6.07, 6.45) is 0. The van der Waals surface area contributed by atoms with E-state index in [2.05, 4.69) is 4.98 Å². The van der Waals surface area contributed by atoms with Gasteiger partial charge in [0.15, 0.2) is 0 Å². The fourth-order valence-corrected chi connectivity index (χ4v) is 2.08. The first-order chi connectivity index (χ1) is 9.15. The monoisotopic (exact) mass is 254 g/mol. The van der Waals surface area contributed by atoms with Crippen molar-refractivity contribution >= 4 is 16.6 Å². The molecule has 3 rings (SSSR count). The van der Waals surface area contributed by atoms with Crippen molar-refractivity contribution < 1.29 is 10.0 Å². The molecule has 0 aliphatic heterocycles. The summed E-state index contributed by atoms with van der Waals surface area (Å²) < 4.78 is 0. The zero-order chi connectivity index (χ0) is 13.4. The van der Waals surface area contributed by atoms with E-state index in [0.717, 1.165) is 17.3 Å². The van der Waals surface area contributed by atoms with E-state index in [9.17, 15) is 15.2 Å². The van der Waals surface area contributed by atoms with Crippen molar-refractivity contribution in [2.45, 2.75) is 0 Å². The molecule has 0 unspecified atom stereocenters. The van der Waals surface area contributed by atoms with Crippen LogP contribution in [0.3, 0.4) is 0 Å². The van der Waals surface area contributed by atoms with Crippen molar-refractivity contribution in [2.24, 2.45) is 0 Å². The van der Waals surface area contributed by atoms with Crippen molar-refractivity contribution in [1.29, 1.82) is 0 Å². The third-order valence-electron chi connectivity index (χ3n) is 3.00. The lowest BCUT2D eigenvalue weighted by Crippen LogP contribution is -1.87. The van der Waals surface area contributed by atoms with Crippen LogP contribution in [0.2, 0.25) is 0 Å². The number of aromatic nitrogens is 1. The van der Waals surface area contributed by atoms with Gasteiger partial charge in [-0.05, 0) is 11.6 Å². The standard InChI is InChI=1S/C14H10N2O3/c17-14-7-10(16(18)19)6-13-11(14)8-12(15-13)9-4-2-1-3-5-9/h1-8,15,17H. The molecule has 0 fully saturated rings. The number of rotatable bonds is 2. The van der Waals surface area contributed by atoms with Gasteiger partial charge in [0, 0.05) is 17.1 Å². The number of nitro groups is 1. The molecule has 94 valence electrons. The van der Waals surface area contributed by atoms with Gasteiger partial charge in [0.2, 0.25) is 0 Å². The number of nitrogens with zero attached hydrogens (tertiary/aromatic N) is 1. The molecule has 0 atom stereocenters. The van der Waals surface area contributed by atoms with E-state index in [1.165, 1.54) is 6.07 Å². The lowest BCUT2D eigenvalue weighted by Gasteiger charge is -1.95. The predicted octanol–water partition coefficient (Wildman–Crippen LogP) is 3.45. The Morgan fingerprint density at radius 1 is 1.11 bits per heavy atom.